The predicted octanol–water partition coefficient (Wildman–Crippen LogP) is 1.66. The number of hydrogen-bond donors (Lipinski definition) is 1. The Morgan fingerprint density at radius 3 is 2.89 bits per heavy atom. The molecule has 0 amide bonds. The molecule has 0 aliphatic heterocycles. The van der Waals surface area contributed by atoms with Crippen LogP contribution < -0.4 is 5.73 Å². The van der Waals surface area contributed by atoms with Crippen LogP contribution in [0.3, 0.4) is 0 Å². The maximum Gasteiger partial charge on any atom is 0.278 e. The van der Waals surface area contributed by atoms with Gasteiger partial charge in [0, 0.05) is 31.6 Å². The van der Waals surface area contributed by atoms with Crippen LogP contribution in [-0.4, -0.2) is 29.7 Å². The van der Waals surface area contributed by atoms with Gasteiger partial charge < -0.3 is 10.5 Å². The highest BCUT2D eigenvalue weighted by Crippen LogP contribution is 2.28. The van der Waals surface area contributed by atoms with Gasteiger partial charge in [-0.3, -0.25) is 15.1 Å². The van der Waals surface area contributed by atoms with Crippen molar-refractivity contribution in [2.24, 2.45) is 5.73 Å². The molecule has 0 radical (unpaired) electrons. The Balaban J connectivity index is 2.46. The van der Waals surface area contributed by atoms with Crippen LogP contribution in [0, 0.1) is 10.1 Å². The molecule has 1 heterocycles. The first-order valence-electron chi connectivity index (χ1n) is 5.88. The molecule has 0 aliphatic carbocycles. The average Bonchev–Trinajstić information content (AvgIpc) is 2.39. The van der Waals surface area contributed by atoms with Crippen molar-refractivity contribution in [1.82, 2.24) is 4.98 Å². The summed E-state index contributed by atoms with van der Waals surface area (Å²) in [4.78, 5) is 14.5. The summed E-state index contributed by atoms with van der Waals surface area (Å²) in [6.07, 6.45) is 3.74. The highest BCUT2D eigenvalue weighted by molar-refractivity contribution is 5.92. The third-order valence-corrected chi connectivity index (χ3v) is 2.94. The van der Waals surface area contributed by atoms with E-state index < -0.39 is 4.92 Å². The first-order valence-corrected chi connectivity index (χ1v) is 5.88. The molecule has 100 valence electrons. The number of nitro groups is 1. The maximum absolute atomic E-state index is 11.0. The van der Waals surface area contributed by atoms with Gasteiger partial charge in [-0.1, -0.05) is 6.07 Å². The molecule has 1 unspecified atom stereocenters. The van der Waals surface area contributed by atoms with Crippen LogP contribution in [-0.2, 0) is 11.2 Å². The maximum atomic E-state index is 11.0. The zero-order valence-electron chi connectivity index (χ0n) is 10.6. The van der Waals surface area contributed by atoms with Crippen LogP contribution in [0.1, 0.15) is 5.56 Å². The van der Waals surface area contributed by atoms with Crippen LogP contribution in [0.15, 0.2) is 30.6 Å². The number of ether oxygens (including phenoxy) is 1. The standard InChI is InChI=1S/C13H15N3O3/c1-19-8-10(14)6-9-2-3-13(16(17)18)12-7-15-5-4-11(9)12/h2-5,7,10H,6,8,14H2,1H3. The summed E-state index contributed by atoms with van der Waals surface area (Å²) >= 11 is 0. The summed E-state index contributed by atoms with van der Waals surface area (Å²) < 4.78 is 5.00. The number of benzene rings is 1. The van der Waals surface area contributed by atoms with E-state index in [0.717, 1.165) is 10.9 Å². The van der Waals surface area contributed by atoms with Crippen LogP contribution >= 0.6 is 0 Å². The zero-order chi connectivity index (χ0) is 13.8. The topological polar surface area (TPSA) is 91.3 Å². The van der Waals surface area contributed by atoms with Crippen molar-refractivity contribution in [3.8, 4) is 0 Å². The fourth-order valence-corrected chi connectivity index (χ4v) is 2.13. The second-order valence-corrected chi connectivity index (χ2v) is 4.34. The minimum absolute atomic E-state index is 0.0622. The smallest absolute Gasteiger partial charge is 0.278 e. The molecule has 2 aromatic rings. The Labute approximate surface area is 110 Å². The summed E-state index contributed by atoms with van der Waals surface area (Å²) in [6.45, 7) is 0.448. The molecule has 0 bridgehead atoms. The lowest BCUT2D eigenvalue weighted by atomic mass is 9.99. The molecule has 19 heavy (non-hydrogen) atoms. The van der Waals surface area contributed by atoms with Crippen molar-refractivity contribution in [3.05, 3.63) is 46.3 Å². The van der Waals surface area contributed by atoms with Gasteiger partial charge in [0.15, 0.2) is 0 Å². The molecule has 0 saturated carbocycles. The number of nitrogens with two attached hydrogens (primary N) is 1. The summed E-state index contributed by atoms with van der Waals surface area (Å²) in [6, 6.07) is 4.88. The van der Waals surface area contributed by atoms with Gasteiger partial charge in [-0.2, -0.15) is 0 Å². The van der Waals surface area contributed by atoms with E-state index in [1.807, 2.05) is 0 Å². The van der Waals surface area contributed by atoms with Crippen LogP contribution in [0.5, 0.6) is 0 Å². The number of nitrogens with zero attached hydrogens (tertiary/aromatic N) is 2. The van der Waals surface area contributed by atoms with Gasteiger partial charge in [-0.25, -0.2) is 0 Å². The van der Waals surface area contributed by atoms with Crippen LogP contribution in [0.25, 0.3) is 10.8 Å². The van der Waals surface area contributed by atoms with E-state index in [2.05, 4.69) is 4.98 Å². The molecule has 6 heteroatoms. The average molecular weight is 261 g/mol. The van der Waals surface area contributed by atoms with E-state index in [0.29, 0.717) is 18.4 Å². The number of nitro benzene ring substituents is 1. The van der Waals surface area contributed by atoms with Crippen molar-refractivity contribution in [3.63, 3.8) is 0 Å². The zero-order valence-corrected chi connectivity index (χ0v) is 10.6. The third kappa shape index (κ3) is 2.86. The van der Waals surface area contributed by atoms with Crippen molar-refractivity contribution >= 4 is 16.5 Å². The minimum atomic E-state index is -0.400. The Hall–Kier alpha value is -2.05. The summed E-state index contributed by atoms with van der Waals surface area (Å²) in [5, 5.41) is 12.3. The number of pyridine rings is 1. The lowest BCUT2D eigenvalue weighted by Gasteiger charge is -2.12. The van der Waals surface area contributed by atoms with Gasteiger partial charge in [-0.15, -0.1) is 0 Å². The molecule has 0 saturated heterocycles. The summed E-state index contributed by atoms with van der Waals surface area (Å²) in [5.41, 5.74) is 6.96. The number of fused-ring (bicyclic) bond motifs is 1. The molecule has 1 atom stereocenters. The quantitative estimate of drug-likeness (QED) is 0.652. The fraction of sp³-hybridized carbons (Fsp3) is 0.308. The van der Waals surface area contributed by atoms with Crippen LogP contribution in [0.2, 0.25) is 0 Å². The summed E-state index contributed by atoms with van der Waals surface area (Å²) in [5.74, 6) is 0. The lowest BCUT2D eigenvalue weighted by molar-refractivity contribution is -0.383. The van der Waals surface area contributed by atoms with E-state index in [1.54, 1.807) is 25.4 Å². The highest BCUT2D eigenvalue weighted by Gasteiger charge is 2.15. The molecular weight excluding hydrogens is 246 g/mol. The molecule has 1 aromatic heterocycles. The highest BCUT2D eigenvalue weighted by atomic mass is 16.6. The molecule has 2 N–H and O–H groups in total. The molecule has 1 aromatic carbocycles. The van der Waals surface area contributed by atoms with Crippen molar-refractivity contribution in [2.75, 3.05) is 13.7 Å². The van der Waals surface area contributed by atoms with Crippen molar-refractivity contribution < 1.29 is 9.66 Å². The largest absolute Gasteiger partial charge is 0.383 e. The summed E-state index contributed by atoms with van der Waals surface area (Å²) in [7, 11) is 1.59. The fourth-order valence-electron chi connectivity index (χ4n) is 2.13. The van der Waals surface area contributed by atoms with Gasteiger partial charge in [0.25, 0.3) is 5.69 Å². The molecular formula is C13H15N3O3. The van der Waals surface area contributed by atoms with Gasteiger partial charge in [-0.05, 0) is 23.4 Å². The third-order valence-electron chi connectivity index (χ3n) is 2.94. The van der Waals surface area contributed by atoms with E-state index in [9.17, 15) is 10.1 Å². The number of methoxy groups -OCH3 is 1. The van der Waals surface area contributed by atoms with Gasteiger partial charge in [0.2, 0.25) is 0 Å². The van der Waals surface area contributed by atoms with E-state index in [1.165, 1.54) is 12.3 Å². The Kier molecular flexibility index (Phi) is 4.03. The first-order chi connectivity index (χ1) is 9.13. The monoisotopic (exact) mass is 261 g/mol. The Morgan fingerprint density at radius 2 is 2.21 bits per heavy atom. The predicted molar refractivity (Wildman–Crippen MR) is 72.0 cm³/mol. The van der Waals surface area contributed by atoms with E-state index in [-0.39, 0.29) is 11.7 Å². The molecule has 6 nitrogen and oxygen atoms in total. The second-order valence-electron chi connectivity index (χ2n) is 4.34. The minimum Gasteiger partial charge on any atom is -0.383 e. The van der Waals surface area contributed by atoms with Gasteiger partial charge >= 0.3 is 0 Å². The Morgan fingerprint density at radius 1 is 1.42 bits per heavy atom. The van der Waals surface area contributed by atoms with Gasteiger partial charge in [0.05, 0.1) is 16.9 Å². The number of hydrogen-bond acceptors (Lipinski definition) is 5. The first kappa shape index (κ1) is 13.4. The van der Waals surface area contributed by atoms with Gasteiger partial charge in [0.1, 0.15) is 0 Å². The molecule has 0 fully saturated rings. The number of rotatable bonds is 5. The van der Waals surface area contributed by atoms with E-state index >= 15 is 0 Å². The number of aromatic nitrogens is 1. The lowest BCUT2D eigenvalue weighted by Crippen LogP contribution is -2.28. The van der Waals surface area contributed by atoms with E-state index in [4.69, 9.17) is 10.5 Å². The number of non-ortho nitro benzene ring substituents is 1. The normalized spacial score (nSPS) is 12.5. The molecule has 0 aliphatic rings. The second kappa shape index (κ2) is 5.73. The van der Waals surface area contributed by atoms with Crippen molar-refractivity contribution in [1.29, 1.82) is 0 Å². The van der Waals surface area contributed by atoms with Crippen molar-refractivity contribution in [2.45, 2.75) is 12.5 Å². The molecule has 2 rings (SSSR count). The van der Waals surface area contributed by atoms with Crippen LogP contribution in [0.4, 0.5) is 5.69 Å². The Bertz CT molecular complexity index is 601. The molecule has 0 spiro atoms. The SMILES string of the molecule is COCC(N)Cc1ccc([N+](=O)[O-])c2cnccc12.